The van der Waals surface area contributed by atoms with Crippen molar-refractivity contribution in [3.63, 3.8) is 0 Å². The van der Waals surface area contributed by atoms with Gasteiger partial charge in [-0.3, -0.25) is 4.79 Å². The van der Waals surface area contributed by atoms with Crippen LogP contribution in [-0.4, -0.2) is 49.1 Å². The van der Waals surface area contributed by atoms with E-state index in [1.807, 2.05) is 29.2 Å². The summed E-state index contributed by atoms with van der Waals surface area (Å²) in [5, 5.41) is 0.875. The molecule has 2 N–H and O–H groups in total. The fourth-order valence-corrected chi connectivity index (χ4v) is 4.66. The lowest BCUT2D eigenvalue weighted by molar-refractivity contribution is 0.0752. The fourth-order valence-electron chi connectivity index (χ4n) is 3.60. The Labute approximate surface area is 174 Å². The third-order valence-electron chi connectivity index (χ3n) is 5.41. The Morgan fingerprint density at radius 2 is 1.79 bits per heavy atom. The number of ether oxygens (including phenoxy) is 1. The Bertz CT molecular complexity index is 1020. The summed E-state index contributed by atoms with van der Waals surface area (Å²) in [7, 11) is 1.66. The van der Waals surface area contributed by atoms with E-state index < -0.39 is 0 Å². The highest BCUT2D eigenvalue weighted by molar-refractivity contribution is 7.21. The number of carbonyl (C=O) groups is 1. The summed E-state index contributed by atoms with van der Waals surface area (Å²) in [6.07, 6.45) is 0. The number of methoxy groups -OCH3 is 1. The van der Waals surface area contributed by atoms with Crippen LogP contribution >= 0.6 is 11.3 Å². The average molecular weight is 411 g/mol. The van der Waals surface area contributed by atoms with E-state index in [1.54, 1.807) is 7.11 Å². The van der Waals surface area contributed by atoms with Gasteiger partial charge in [0.2, 0.25) is 0 Å². The molecule has 29 heavy (non-hydrogen) atoms. The summed E-state index contributed by atoms with van der Waals surface area (Å²) in [5.74, 6) is 1.19. The maximum atomic E-state index is 13.1. The van der Waals surface area contributed by atoms with Gasteiger partial charge in [0.05, 0.1) is 12.8 Å². The number of nitrogens with two attached hydrogens (primary N) is 1. The van der Waals surface area contributed by atoms with Gasteiger partial charge in [-0.15, -0.1) is 11.3 Å². The molecule has 1 saturated heterocycles. The molecule has 1 aliphatic heterocycles. The van der Waals surface area contributed by atoms with Crippen molar-refractivity contribution in [3.8, 4) is 5.75 Å². The zero-order chi connectivity index (χ0) is 20.5. The first kappa shape index (κ1) is 19.5. The van der Waals surface area contributed by atoms with Gasteiger partial charge in [0.25, 0.3) is 5.91 Å². The van der Waals surface area contributed by atoms with E-state index in [2.05, 4.69) is 30.9 Å². The van der Waals surface area contributed by atoms with E-state index >= 15 is 0 Å². The van der Waals surface area contributed by atoms with Gasteiger partial charge < -0.3 is 20.3 Å². The molecule has 6 nitrogen and oxygen atoms in total. The predicted octanol–water partition coefficient (Wildman–Crippen LogP) is 3.97. The third kappa shape index (κ3) is 3.74. The molecule has 1 amide bonds. The zero-order valence-corrected chi connectivity index (χ0v) is 17.8. The lowest BCUT2D eigenvalue weighted by Gasteiger charge is -2.36. The van der Waals surface area contributed by atoms with Crippen molar-refractivity contribution in [3.05, 3.63) is 47.0 Å². The van der Waals surface area contributed by atoms with Gasteiger partial charge >= 0.3 is 0 Å². The van der Waals surface area contributed by atoms with E-state index in [0.717, 1.165) is 40.4 Å². The number of carbonyl (C=O) groups excluding carboxylic acids is 1. The number of hydrogen-bond acceptors (Lipinski definition) is 6. The van der Waals surface area contributed by atoms with Crippen LogP contribution in [0.5, 0.6) is 5.75 Å². The molecule has 0 saturated carbocycles. The molecular formula is C22H26N4O2S. The number of fused-ring (bicyclic) bond motifs is 1. The molecule has 3 heterocycles. The van der Waals surface area contributed by atoms with Crippen LogP contribution in [0.15, 0.2) is 36.4 Å². The van der Waals surface area contributed by atoms with E-state index in [1.165, 1.54) is 11.3 Å². The van der Waals surface area contributed by atoms with Crippen LogP contribution in [0.1, 0.15) is 35.1 Å². The first-order chi connectivity index (χ1) is 14.0. The van der Waals surface area contributed by atoms with Crippen LogP contribution in [0, 0.1) is 0 Å². The number of piperazine rings is 1. The number of nitrogen functional groups attached to an aromatic ring is 1. The number of anilines is 2. The highest BCUT2D eigenvalue weighted by Gasteiger charge is 2.26. The quantitative estimate of drug-likeness (QED) is 0.705. The molecule has 0 bridgehead atoms. The van der Waals surface area contributed by atoms with E-state index in [-0.39, 0.29) is 5.91 Å². The largest absolute Gasteiger partial charge is 0.497 e. The normalized spacial score (nSPS) is 14.6. The van der Waals surface area contributed by atoms with Gasteiger partial charge in [0, 0.05) is 42.9 Å². The second kappa shape index (κ2) is 7.91. The first-order valence-electron chi connectivity index (χ1n) is 9.85. The standard InChI is InChI=1S/C22H26N4O2S/c1-14(2)18-9-8-17-19(23)20(29-21(17)24-18)22(27)26-12-10-25(11-13-26)15-4-6-16(28-3)7-5-15/h4-9,14H,10-13,23H2,1-3H3. The number of pyridine rings is 1. The van der Waals surface area contributed by atoms with Crippen LogP contribution in [0.4, 0.5) is 11.4 Å². The predicted molar refractivity (Wildman–Crippen MR) is 119 cm³/mol. The molecule has 0 spiro atoms. The molecule has 4 rings (SSSR count). The van der Waals surface area contributed by atoms with Crippen molar-refractivity contribution < 1.29 is 9.53 Å². The maximum absolute atomic E-state index is 13.1. The zero-order valence-electron chi connectivity index (χ0n) is 17.0. The molecule has 1 aromatic carbocycles. The maximum Gasteiger partial charge on any atom is 0.266 e. The molecule has 152 valence electrons. The molecule has 3 aromatic rings. The van der Waals surface area contributed by atoms with Gasteiger partial charge in [-0.2, -0.15) is 0 Å². The number of nitrogens with zero attached hydrogens (tertiary/aromatic N) is 3. The molecule has 2 aromatic heterocycles. The third-order valence-corrected chi connectivity index (χ3v) is 6.51. The van der Waals surface area contributed by atoms with Crippen molar-refractivity contribution in [1.82, 2.24) is 9.88 Å². The second-order valence-corrected chi connectivity index (χ2v) is 8.56. The van der Waals surface area contributed by atoms with Crippen LogP contribution in [-0.2, 0) is 0 Å². The Hall–Kier alpha value is -2.80. The summed E-state index contributed by atoms with van der Waals surface area (Å²) in [5.41, 5.74) is 9.03. The van der Waals surface area contributed by atoms with Crippen LogP contribution < -0.4 is 15.4 Å². The number of benzene rings is 1. The van der Waals surface area contributed by atoms with Gasteiger partial charge in [0.15, 0.2) is 0 Å². The number of aromatic nitrogens is 1. The minimum Gasteiger partial charge on any atom is -0.497 e. The van der Waals surface area contributed by atoms with E-state index in [4.69, 9.17) is 15.5 Å². The summed E-state index contributed by atoms with van der Waals surface area (Å²) < 4.78 is 5.22. The van der Waals surface area contributed by atoms with Gasteiger partial charge in [-0.1, -0.05) is 13.8 Å². The average Bonchev–Trinajstić information content (AvgIpc) is 3.09. The molecular weight excluding hydrogens is 384 g/mol. The molecule has 7 heteroatoms. The minimum absolute atomic E-state index is 0.00554. The lowest BCUT2D eigenvalue weighted by atomic mass is 10.1. The van der Waals surface area contributed by atoms with Crippen molar-refractivity contribution in [1.29, 1.82) is 0 Å². The number of thiophene rings is 1. The fraction of sp³-hybridized carbons (Fsp3) is 0.364. The summed E-state index contributed by atoms with van der Waals surface area (Å²) in [4.78, 5) is 23.5. The number of hydrogen-bond donors (Lipinski definition) is 1. The smallest absolute Gasteiger partial charge is 0.266 e. The molecule has 1 aliphatic rings. The van der Waals surface area contributed by atoms with Crippen LogP contribution in [0.25, 0.3) is 10.2 Å². The Balaban J connectivity index is 1.48. The topological polar surface area (TPSA) is 71.7 Å². The van der Waals surface area contributed by atoms with Gasteiger partial charge in [-0.05, 0) is 42.3 Å². The van der Waals surface area contributed by atoms with Gasteiger partial charge in [0.1, 0.15) is 15.5 Å². The molecule has 0 atom stereocenters. The molecule has 0 radical (unpaired) electrons. The van der Waals surface area contributed by atoms with Crippen LogP contribution in [0.3, 0.4) is 0 Å². The monoisotopic (exact) mass is 410 g/mol. The van der Waals surface area contributed by atoms with Crippen molar-refractivity contribution >= 4 is 38.8 Å². The highest BCUT2D eigenvalue weighted by atomic mass is 32.1. The van der Waals surface area contributed by atoms with E-state index in [9.17, 15) is 4.79 Å². The Morgan fingerprint density at radius 1 is 1.10 bits per heavy atom. The number of amides is 1. The molecule has 0 unspecified atom stereocenters. The minimum atomic E-state index is 0.00554. The SMILES string of the molecule is COc1ccc(N2CCN(C(=O)c3sc4nc(C(C)C)ccc4c3N)CC2)cc1. The summed E-state index contributed by atoms with van der Waals surface area (Å²) >= 11 is 1.40. The molecule has 0 aliphatic carbocycles. The Morgan fingerprint density at radius 3 is 2.41 bits per heavy atom. The Kier molecular flexibility index (Phi) is 5.32. The summed E-state index contributed by atoms with van der Waals surface area (Å²) in [6.45, 7) is 7.14. The van der Waals surface area contributed by atoms with Crippen molar-refractivity contribution in [2.24, 2.45) is 0 Å². The van der Waals surface area contributed by atoms with E-state index in [0.29, 0.717) is 29.6 Å². The van der Waals surface area contributed by atoms with Crippen molar-refractivity contribution in [2.75, 3.05) is 43.9 Å². The molecule has 1 fully saturated rings. The first-order valence-corrected chi connectivity index (χ1v) is 10.7. The second-order valence-electron chi connectivity index (χ2n) is 7.57. The van der Waals surface area contributed by atoms with Crippen LogP contribution in [0.2, 0.25) is 0 Å². The lowest BCUT2D eigenvalue weighted by Crippen LogP contribution is -2.48. The number of rotatable bonds is 4. The van der Waals surface area contributed by atoms with Crippen molar-refractivity contribution in [2.45, 2.75) is 19.8 Å². The van der Waals surface area contributed by atoms with Gasteiger partial charge in [-0.25, -0.2) is 4.98 Å². The highest BCUT2D eigenvalue weighted by Crippen LogP contribution is 2.34. The summed E-state index contributed by atoms with van der Waals surface area (Å²) in [6, 6.07) is 12.0.